The second kappa shape index (κ2) is 6.21. The fraction of sp³-hybridized carbons (Fsp3) is 0.312. The fourth-order valence-corrected chi connectivity index (χ4v) is 2.62. The van der Waals surface area contributed by atoms with Gasteiger partial charge in [-0.1, -0.05) is 12.1 Å². The highest BCUT2D eigenvalue weighted by molar-refractivity contribution is 5.75. The molecule has 3 N–H and O–H groups in total. The monoisotopic (exact) mass is 314 g/mol. The quantitative estimate of drug-likeness (QED) is 0.778. The van der Waals surface area contributed by atoms with Crippen molar-refractivity contribution in [2.24, 2.45) is 0 Å². The van der Waals surface area contributed by atoms with Crippen LogP contribution in [-0.4, -0.2) is 51.8 Å². The molecule has 1 fully saturated rings. The van der Waals surface area contributed by atoms with E-state index in [-0.39, 0.29) is 5.75 Å². The summed E-state index contributed by atoms with van der Waals surface area (Å²) in [6.07, 6.45) is 0. The number of benzene rings is 1. The molecule has 23 heavy (non-hydrogen) atoms. The van der Waals surface area contributed by atoms with E-state index in [1.807, 2.05) is 24.0 Å². The minimum Gasteiger partial charge on any atom is -0.507 e. The maximum atomic E-state index is 11.2. The van der Waals surface area contributed by atoms with Gasteiger partial charge in [0, 0.05) is 31.4 Å². The summed E-state index contributed by atoms with van der Waals surface area (Å²) in [6.45, 7) is 3.43. The van der Waals surface area contributed by atoms with Crippen LogP contribution in [0.4, 0.5) is 5.82 Å². The van der Waals surface area contributed by atoms with Gasteiger partial charge < -0.3 is 20.4 Å². The maximum absolute atomic E-state index is 11.2. The van der Waals surface area contributed by atoms with E-state index in [9.17, 15) is 15.0 Å². The number of aromatic hydroxyl groups is 1. The molecule has 0 unspecified atom stereocenters. The molecule has 2 heterocycles. The molecule has 0 aliphatic carbocycles. The van der Waals surface area contributed by atoms with E-state index in [2.05, 4.69) is 15.3 Å². The first-order chi connectivity index (χ1) is 11.0. The molecular weight excluding hydrogens is 296 g/mol. The summed E-state index contributed by atoms with van der Waals surface area (Å²) in [4.78, 5) is 22.0. The lowest BCUT2D eigenvalue weighted by atomic mass is 10.1. The van der Waals surface area contributed by atoms with Gasteiger partial charge in [-0.25, -0.2) is 9.97 Å². The topological polar surface area (TPSA) is 98.6 Å². The van der Waals surface area contributed by atoms with Crippen LogP contribution in [0.5, 0.6) is 5.75 Å². The molecule has 1 aromatic carbocycles. The minimum absolute atomic E-state index is 0.118. The van der Waals surface area contributed by atoms with Gasteiger partial charge in [0.2, 0.25) is 0 Å². The Morgan fingerprint density at radius 2 is 2.13 bits per heavy atom. The van der Waals surface area contributed by atoms with Crippen LogP contribution >= 0.6 is 0 Å². The number of carbonyl (C=O) groups is 1. The van der Waals surface area contributed by atoms with Crippen molar-refractivity contribution in [2.45, 2.75) is 13.0 Å². The lowest BCUT2D eigenvalue weighted by molar-refractivity contribution is -0.139. The third-order valence-corrected chi connectivity index (χ3v) is 3.78. The van der Waals surface area contributed by atoms with E-state index in [0.29, 0.717) is 36.8 Å². The Morgan fingerprint density at radius 3 is 2.87 bits per heavy atom. The number of hydrogen-bond donors (Lipinski definition) is 3. The molecule has 1 saturated heterocycles. The number of carboxylic acids is 1. The Kier molecular flexibility index (Phi) is 4.12. The van der Waals surface area contributed by atoms with Gasteiger partial charge in [0.25, 0.3) is 0 Å². The van der Waals surface area contributed by atoms with Crippen molar-refractivity contribution in [3.05, 3.63) is 36.0 Å². The number of phenolic OH excluding ortho intramolecular Hbond substituents is 1. The van der Waals surface area contributed by atoms with Crippen molar-refractivity contribution in [1.82, 2.24) is 15.3 Å². The molecule has 120 valence electrons. The summed E-state index contributed by atoms with van der Waals surface area (Å²) in [5, 5.41) is 22.1. The number of anilines is 1. The SMILES string of the molecule is Cc1cc(N2CCN[C@H](C(=O)O)C2)nc(-c2ccccc2O)n1. The molecule has 2 aromatic rings. The Hall–Kier alpha value is -2.67. The molecule has 1 aliphatic heterocycles. The average molecular weight is 314 g/mol. The van der Waals surface area contributed by atoms with Gasteiger partial charge in [-0.15, -0.1) is 0 Å². The van der Waals surface area contributed by atoms with Crippen molar-refractivity contribution in [2.75, 3.05) is 24.5 Å². The molecule has 0 amide bonds. The molecule has 0 bridgehead atoms. The molecule has 0 radical (unpaired) electrons. The molecule has 0 spiro atoms. The highest BCUT2D eigenvalue weighted by Gasteiger charge is 2.26. The number of nitrogens with one attached hydrogen (secondary N) is 1. The summed E-state index contributed by atoms with van der Waals surface area (Å²) in [5.41, 5.74) is 1.32. The standard InChI is InChI=1S/C16H18N4O3/c1-10-8-14(20-7-6-17-12(9-20)16(22)23)19-15(18-10)11-4-2-3-5-13(11)21/h2-5,8,12,17,21H,6-7,9H2,1H3,(H,22,23)/t12-/m0/s1. The summed E-state index contributed by atoms with van der Waals surface area (Å²) in [5.74, 6) is 0.348. The normalized spacial score (nSPS) is 18.0. The Labute approximate surface area is 133 Å². The first-order valence-corrected chi connectivity index (χ1v) is 7.40. The van der Waals surface area contributed by atoms with Gasteiger partial charge in [0.15, 0.2) is 5.82 Å². The molecule has 1 atom stereocenters. The van der Waals surface area contributed by atoms with Crippen LogP contribution in [0.25, 0.3) is 11.4 Å². The van der Waals surface area contributed by atoms with Crippen LogP contribution in [-0.2, 0) is 4.79 Å². The zero-order valence-electron chi connectivity index (χ0n) is 12.7. The van der Waals surface area contributed by atoms with Crippen molar-refractivity contribution in [3.63, 3.8) is 0 Å². The highest BCUT2D eigenvalue weighted by atomic mass is 16.4. The van der Waals surface area contributed by atoms with E-state index < -0.39 is 12.0 Å². The average Bonchev–Trinajstić information content (AvgIpc) is 2.55. The van der Waals surface area contributed by atoms with Crippen LogP contribution in [0.1, 0.15) is 5.69 Å². The van der Waals surface area contributed by atoms with E-state index in [4.69, 9.17) is 0 Å². The number of nitrogens with zero attached hydrogens (tertiary/aromatic N) is 3. The maximum Gasteiger partial charge on any atom is 0.322 e. The van der Waals surface area contributed by atoms with Crippen molar-refractivity contribution in [3.8, 4) is 17.1 Å². The highest BCUT2D eigenvalue weighted by Crippen LogP contribution is 2.27. The predicted octanol–water partition coefficient (Wildman–Crippen LogP) is 1.02. The third kappa shape index (κ3) is 3.24. The number of para-hydroxylation sites is 1. The van der Waals surface area contributed by atoms with Crippen LogP contribution in [0.2, 0.25) is 0 Å². The molecule has 7 nitrogen and oxygen atoms in total. The van der Waals surface area contributed by atoms with Crippen LogP contribution in [0, 0.1) is 6.92 Å². The van der Waals surface area contributed by atoms with Gasteiger partial charge in [-0.2, -0.15) is 0 Å². The van der Waals surface area contributed by atoms with Crippen molar-refractivity contribution in [1.29, 1.82) is 0 Å². The van der Waals surface area contributed by atoms with Gasteiger partial charge in [-0.05, 0) is 19.1 Å². The first-order valence-electron chi connectivity index (χ1n) is 7.40. The first kappa shape index (κ1) is 15.2. The summed E-state index contributed by atoms with van der Waals surface area (Å²) >= 11 is 0. The van der Waals surface area contributed by atoms with Crippen molar-refractivity contribution < 1.29 is 15.0 Å². The second-order valence-electron chi connectivity index (χ2n) is 5.50. The molecule has 3 rings (SSSR count). The fourth-order valence-electron chi connectivity index (χ4n) is 2.62. The van der Waals surface area contributed by atoms with Crippen LogP contribution < -0.4 is 10.2 Å². The zero-order valence-corrected chi connectivity index (χ0v) is 12.7. The summed E-state index contributed by atoms with van der Waals surface area (Å²) in [7, 11) is 0. The smallest absolute Gasteiger partial charge is 0.322 e. The lowest BCUT2D eigenvalue weighted by Gasteiger charge is -2.32. The van der Waals surface area contributed by atoms with Gasteiger partial charge >= 0.3 is 5.97 Å². The number of aryl methyl sites for hydroxylation is 1. The van der Waals surface area contributed by atoms with Crippen LogP contribution in [0.15, 0.2) is 30.3 Å². The number of piperazine rings is 1. The van der Waals surface area contributed by atoms with E-state index in [1.165, 1.54) is 0 Å². The summed E-state index contributed by atoms with van der Waals surface area (Å²) in [6, 6.07) is 8.10. The van der Waals surface area contributed by atoms with Crippen molar-refractivity contribution >= 4 is 11.8 Å². The van der Waals surface area contributed by atoms with E-state index in [0.717, 1.165) is 5.69 Å². The Balaban J connectivity index is 1.95. The predicted molar refractivity (Wildman–Crippen MR) is 85.5 cm³/mol. The van der Waals surface area contributed by atoms with E-state index >= 15 is 0 Å². The minimum atomic E-state index is -0.874. The van der Waals surface area contributed by atoms with Crippen LogP contribution in [0.3, 0.4) is 0 Å². The van der Waals surface area contributed by atoms with E-state index in [1.54, 1.807) is 18.2 Å². The zero-order chi connectivity index (χ0) is 16.4. The summed E-state index contributed by atoms with van der Waals surface area (Å²) < 4.78 is 0. The number of rotatable bonds is 3. The molecule has 1 aromatic heterocycles. The molecule has 7 heteroatoms. The largest absolute Gasteiger partial charge is 0.507 e. The molecule has 0 saturated carbocycles. The van der Waals surface area contributed by atoms with Gasteiger partial charge in [0.1, 0.15) is 17.6 Å². The molecular formula is C16H18N4O3. The second-order valence-corrected chi connectivity index (χ2v) is 5.50. The van der Waals surface area contributed by atoms with Gasteiger partial charge in [-0.3, -0.25) is 4.79 Å². The Morgan fingerprint density at radius 1 is 1.35 bits per heavy atom. The lowest BCUT2D eigenvalue weighted by Crippen LogP contribution is -2.54. The number of aromatic nitrogens is 2. The number of phenols is 1. The third-order valence-electron chi connectivity index (χ3n) is 3.78. The number of aliphatic carboxylic acids is 1. The molecule has 1 aliphatic rings. The Bertz CT molecular complexity index is 735. The number of hydrogen-bond acceptors (Lipinski definition) is 6. The number of carboxylic acid groups (broad SMARTS) is 1. The van der Waals surface area contributed by atoms with Gasteiger partial charge in [0.05, 0.1) is 5.56 Å².